The number of aryl methyl sites for hydroxylation is 1. The molecule has 4 N–H and O–H groups in total. The maximum Gasteiger partial charge on any atom is 0.294 e. The lowest BCUT2D eigenvalue weighted by Gasteiger charge is -2.12. The molecule has 2 aromatic rings. The zero-order valence-electron chi connectivity index (χ0n) is 11.8. The third kappa shape index (κ3) is 3.94. The van der Waals surface area contributed by atoms with E-state index < -0.39 is 25.0 Å². The van der Waals surface area contributed by atoms with E-state index in [9.17, 15) is 16.8 Å². The molecule has 0 amide bonds. The van der Waals surface area contributed by atoms with E-state index in [1.807, 2.05) is 0 Å². The summed E-state index contributed by atoms with van der Waals surface area (Å²) in [6.45, 7) is 1.58. The summed E-state index contributed by atoms with van der Waals surface area (Å²) in [7, 11) is -8.45. The van der Waals surface area contributed by atoms with Crippen molar-refractivity contribution in [3.8, 4) is 0 Å². The minimum Gasteiger partial charge on any atom is -0.398 e. The van der Waals surface area contributed by atoms with Gasteiger partial charge in [-0.25, -0.2) is 8.42 Å². The van der Waals surface area contributed by atoms with Crippen LogP contribution in [0.1, 0.15) is 5.56 Å². The first-order valence-corrected chi connectivity index (χ1v) is 9.47. The highest BCUT2D eigenvalue weighted by molar-refractivity contribution is 7.92. The first-order chi connectivity index (χ1) is 10.5. The van der Waals surface area contributed by atoms with Crippen molar-refractivity contribution in [2.24, 2.45) is 0 Å². The summed E-state index contributed by atoms with van der Waals surface area (Å²) in [6, 6.07) is 7.37. The van der Waals surface area contributed by atoms with Crippen molar-refractivity contribution in [3.63, 3.8) is 0 Å². The highest BCUT2D eigenvalue weighted by Crippen LogP contribution is 2.26. The Bertz CT molecular complexity index is 972. The van der Waals surface area contributed by atoms with Crippen LogP contribution in [0.5, 0.6) is 0 Å². The van der Waals surface area contributed by atoms with E-state index in [1.54, 1.807) is 6.92 Å². The smallest absolute Gasteiger partial charge is 0.294 e. The third-order valence-corrected chi connectivity index (χ3v) is 5.57. The van der Waals surface area contributed by atoms with Crippen molar-refractivity contribution in [1.29, 1.82) is 0 Å². The maximum atomic E-state index is 12.4. The van der Waals surface area contributed by atoms with Crippen LogP contribution in [0.2, 0.25) is 5.02 Å². The van der Waals surface area contributed by atoms with Gasteiger partial charge in [-0.1, -0.05) is 17.7 Å². The van der Waals surface area contributed by atoms with Crippen LogP contribution >= 0.6 is 11.6 Å². The second-order valence-corrected chi connectivity index (χ2v) is 8.25. The number of nitrogens with one attached hydrogen (secondary N) is 1. The van der Waals surface area contributed by atoms with Crippen LogP contribution in [0, 0.1) is 6.92 Å². The number of nitrogens with two attached hydrogens (primary N) is 1. The fraction of sp³-hybridized carbons (Fsp3) is 0.0769. The molecule has 0 unspecified atom stereocenters. The van der Waals surface area contributed by atoms with E-state index in [2.05, 4.69) is 4.72 Å². The van der Waals surface area contributed by atoms with Gasteiger partial charge in [-0.05, 0) is 42.8 Å². The van der Waals surface area contributed by atoms with Gasteiger partial charge in [-0.3, -0.25) is 9.27 Å². The lowest BCUT2D eigenvalue weighted by Crippen LogP contribution is -2.14. The van der Waals surface area contributed by atoms with E-state index in [0.717, 1.165) is 6.07 Å². The molecular formula is C13H13ClN2O5S2. The molecular weight excluding hydrogens is 364 g/mol. The second kappa shape index (κ2) is 6.00. The van der Waals surface area contributed by atoms with Gasteiger partial charge < -0.3 is 5.73 Å². The van der Waals surface area contributed by atoms with Crippen LogP contribution in [0.3, 0.4) is 0 Å². The summed E-state index contributed by atoms with van der Waals surface area (Å²) in [6.07, 6.45) is 0. The zero-order valence-corrected chi connectivity index (χ0v) is 14.2. The molecule has 2 rings (SSSR count). The minimum atomic E-state index is -4.45. The standard InChI is InChI=1S/C13H13ClN2O5S2/c1-8-2-3-10(23(19,20)21)7-13(8)16-22(17,18)9-4-5-12(15)11(14)6-9/h2-7,16H,15H2,1H3,(H,19,20,21). The van der Waals surface area contributed by atoms with E-state index in [4.69, 9.17) is 21.9 Å². The van der Waals surface area contributed by atoms with Crippen molar-refractivity contribution in [2.75, 3.05) is 10.5 Å². The molecule has 10 heteroatoms. The van der Waals surface area contributed by atoms with Gasteiger partial charge in [-0.2, -0.15) is 8.42 Å². The van der Waals surface area contributed by atoms with Crippen LogP contribution in [0.15, 0.2) is 46.2 Å². The summed E-state index contributed by atoms with van der Waals surface area (Å²) in [4.78, 5) is -0.551. The number of nitrogen functional groups attached to an aromatic ring is 1. The Balaban J connectivity index is 2.46. The molecule has 0 fully saturated rings. The van der Waals surface area contributed by atoms with Gasteiger partial charge in [0.15, 0.2) is 0 Å². The topological polar surface area (TPSA) is 127 Å². The molecule has 7 nitrogen and oxygen atoms in total. The SMILES string of the molecule is Cc1ccc(S(=O)(=O)O)cc1NS(=O)(=O)c1ccc(N)c(Cl)c1. The molecule has 0 aliphatic rings. The predicted octanol–water partition coefficient (Wildman–Crippen LogP) is 2.28. The lowest BCUT2D eigenvalue weighted by molar-refractivity contribution is 0.483. The highest BCUT2D eigenvalue weighted by atomic mass is 35.5. The van der Waals surface area contributed by atoms with E-state index in [1.165, 1.54) is 30.3 Å². The molecule has 0 saturated carbocycles. The van der Waals surface area contributed by atoms with E-state index in [-0.39, 0.29) is 21.3 Å². The summed E-state index contributed by atoms with van der Waals surface area (Å²) in [5.74, 6) is 0. The Labute approximate surface area is 138 Å². The summed E-state index contributed by atoms with van der Waals surface area (Å²) in [5, 5.41) is 0.0799. The van der Waals surface area contributed by atoms with Crippen molar-refractivity contribution >= 4 is 43.1 Å². The number of hydrogen-bond acceptors (Lipinski definition) is 5. The molecule has 124 valence electrons. The Hall–Kier alpha value is -1.81. The molecule has 0 aromatic heterocycles. The van der Waals surface area contributed by atoms with Crippen LogP contribution in [-0.4, -0.2) is 21.4 Å². The monoisotopic (exact) mass is 376 g/mol. The Morgan fingerprint density at radius 3 is 2.22 bits per heavy atom. The second-order valence-electron chi connectivity index (χ2n) is 4.74. The van der Waals surface area contributed by atoms with Gasteiger partial charge in [-0.15, -0.1) is 0 Å². The average molecular weight is 377 g/mol. The maximum absolute atomic E-state index is 12.4. The molecule has 0 heterocycles. The van der Waals surface area contributed by atoms with Crippen molar-refractivity contribution in [1.82, 2.24) is 0 Å². The van der Waals surface area contributed by atoms with Gasteiger partial charge >= 0.3 is 0 Å². The van der Waals surface area contributed by atoms with Crippen molar-refractivity contribution in [2.45, 2.75) is 16.7 Å². The predicted molar refractivity (Wildman–Crippen MR) is 87.7 cm³/mol. The summed E-state index contributed by atoms with van der Waals surface area (Å²) >= 11 is 5.81. The van der Waals surface area contributed by atoms with Gasteiger partial charge in [0.2, 0.25) is 0 Å². The Morgan fingerprint density at radius 1 is 1.04 bits per heavy atom. The Kier molecular flexibility index (Phi) is 4.58. The van der Waals surface area contributed by atoms with Crippen LogP contribution in [0.25, 0.3) is 0 Å². The molecule has 0 bridgehead atoms. The van der Waals surface area contributed by atoms with Crippen LogP contribution in [0.4, 0.5) is 11.4 Å². The highest BCUT2D eigenvalue weighted by Gasteiger charge is 2.18. The number of anilines is 2. The number of sulfonamides is 1. The molecule has 0 atom stereocenters. The fourth-order valence-corrected chi connectivity index (χ4v) is 3.65. The van der Waals surface area contributed by atoms with E-state index >= 15 is 0 Å². The molecule has 23 heavy (non-hydrogen) atoms. The van der Waals surface area contributed by atoms with Gasteiger partial charge in [0, 0.05) is 0 Å². The number of benzene rings is 2. The summed E-state index contributed by atoms with van der Waals surface area (Å²) < 4.78 is 58.3. The number of hydrogen-bond donors (Lipinski definition) is 3. The third-order valence-electron chi connectivity index (χ3n) is 3.03. The largest absolute Gasteiger partial charge is 0.398 e. The van der Waals surface area contributed by atoms with Crippen LogP contribution in [-0.2, 0) is 20.1 Å². The van der Waals surface area contributed by atoms with Gasteiger partial charge in [0.1, 0.15) is 0 Å². The van der Waals surface area contributed by atoms with E-state index in [0.29, 0.717) is 5.56 Å². The molecule has 0 saturated heterocycles. The number of halogens is 1. The average Bonchev–Trinajstić information content (AvgIpc) is 2.42. The number of rotatable bonds is 4. The molecule has 2 aromatic carbocycles. The zero-order chi connectivity index (χ0) is 17.4. The minimum absolute atomic E-state index is 0.0214. The Morgan fingerprint density at radius 2 is 1.65 bits per heavy atom. The van der Waals surface area contributed by atoms with Crippen molar-refractivity contribution in [3.05, 3.63) is 47.0 Å². The molecule has 0 radical (unpaired) electrons. The molecule has 0 aliphatic carbocycles. The fourth-order valence-electron chi connectivity index (χ4n) is 1.75. The normalized spacial score (nSPS) is 12.1. The van der Waals surface area contributed by atoms with Gasteiger partial charge in [0.25, 0.3) is 20.1 Å². The lowest BCUT2D eigenvalue weighted by atomic mass is 10.2. The van der Waals surface area contributed by atoms with Gasteiger partial charge in [0.05, 0.1) is 26.2 Å². The summed E-state index contributed by atoms with van der Waals surface area (Å²) in [5.41, 5.74) is 6.26. The molecule has 0 spiro atoms. The first kappa shape index (κ1) is 17.5. The first-order valence-electron chi connectivity index (χ1n) is 6.17. The van der Waals surface area contributed by atoms with Crippen LogP contribution < -0.4 is 10.5 Å². The molecule has 0 aliphatic heterocycles. The quantitative estimate of drug-likeness (QED) is 0.555. The van der Waals surface area contributed by atoms with Crippen molar-refractivity contribution < 1.29 is 21.4 Å².